The van der Waals surface area contributed by atoms with Crippen LogP contribution in [0.25, 0.3) is 5.57 Å². The number of rotatable bonds is 8. The Labute approximate surface area is 178 Å². The Kier molecular flexibility index (Phi) is 7.80. The van der Waals surface area contributed by atoms with Crippen LogP contribution >= 0.6 is 0 Å². The van der Waals surface area contributed by atoms with Crippen molar-refractivity contribution in [1.82, 2.24) is 20.2 Å². The van der Waals surface area contributed by atoms with Gasteiger partial charge in [0.15, 0.2) is 0 Å². The smallest absolute Gasteiger partial charge is 0.407 e. The highest BCUT2D eigenvalue weighted by Gasteiger charge is 2.37. The molecule has 0 spiro atoms. The summed E-state index contributed by atoms with van der Waals surface area (Å²) >= 11 is 0. The Morgan fingerprint density at radius 2 is 2.03 bits per heavy atom. The molecule has 0 aliphatic carbocycles. The molecule has 7 heteroatoms. The predicted octanol–water partition coefficient (Wildman–Crippen LogP) is 4.16. The summed E-state index contributed by atoms with van der Waals surface area (Å²) in [4.78, 5) is 34.4. The third-order valence-corrected chi connectivity index (χ3v) is 5.22. The SMILES string of the molecule is C=C(C)C(=C)/C=C\C(=C)c1cnc(C2CCCN2C(=O)C(NC(=O)OC)C(C)C)[nH]1. The van der Waals surface area contributed by atoms with Crippen molar-refractivity contribution in [2.45, 2.75) is 45.7 Å². The van der Waals surface area contributed by atoms with E-state index >= 15 is 0 Å². The van der Waals surface area contributed by atoms with Crippen molar-refractivity contribution >= 4 is 17.6 Å². The van der Waals surface area contributed by atoms with Gasteiger partial charge in [-0.3, -0.25) is 4.79 Å². The second kappa shape index (κ2) is 10.1. The van der Waals surface area contributed by atoms with Gasteiger partial charge in [0.05, 0.1) is 25.0 Å². The largest absolute Gasteiger partial charge is 0.453 e. The maximum absolute atomic E-state index is 13.2. The molecule has 2 rings (SSSR count). The van der Waals surface area contributed by atoms with Crippen molar-refractivity contribution in [3.05, 3.63) is 60.8 Å². The van der Waals surface area contributed by atoms with Gasteiger partial charge in [-0.05, 0) is 36.8 Å². The molecule has 1 aliphatic rings. The normalized spacial score (nSPS) is 17.2. The highest BCUT2D eigenvalue weighted by Crippen LogP contribution is 2.32. The average molecular weight is 413 g/mol. The number of carbonyl (C=O) groups is 2. The van der Waals surface area contributed by atoms with Gasteiger partial charge in [-0.25, -0.2) is 9.78 Å². The van der Waals surface area contributed by atoms with Crippen molar-refractivity contribution in [2.24, 2.45) is 5.92 Å². The highest BCUT2D eigenvalue weighted by molar-refractivity contribution is 5.86. The van der Waals surface area contributed by atoms with Crippen LogP contribution in [0.15, 0.2) is 49.2 Å². The molecule has 0 aromatic carbocycles. The minimum absolute atomic E-state index is 0.0728. The third kappa shape index (κ3) is 5.49. The number of amides is 2. The summed E-state index contributed by atoms with van der Waals surface area (Å²) in [5.74, 6) is 0.508. The Hall–Kier alpha value is -3.09. The Morgan fingerprint density at radius 3 is 2.63 bits per heavy atom. The van der Waals surface area contributed by atoms with Crippen LogP contribution in [-0.4, -0.2) is 46.6 Å². The molecular weight excluding hydrogens is 380 g/mol. The van der Waals surface area contributed by atoms with E-state index in [2.05, 4.69) is 39.8 Å². The van der Waals surface area contributed by atoms with Crippen molar-refractivity contribution in [2.75, 3.05) is 13.7 Å². The number of hydrogen-bond donors (Lipinski definition) is 2. The van der Waals surface area contributed by atoms with E-state index in [4.69, 9.17) is 0 Å². The maximum Gasteiger partial charge on any atom is 0.407 e. The fraction of sp³-hybridized carbons (Fsp3) is 0.435. The minimum atomic E-state index is -0.654. The lowest BCUT2D eigenvalue weighted by Gasteiger charge is -2.30. The lowest BCUT2D eigenvalue weighted by Crippen LogP contribution is -2.51. The third-order valence-electron chi connectivity index (χ3n) is 5.22. The molecule has 1 aromatic rings. The number of ether oxygens (including phenoxy) is 1. The number of methoxy groups -OCH3 is 1. The molecule has 2 amide bonds. The molecular formula is C23H32N4O3. The van der Waals surface area contributed by atoms with Gasteiger partial charge < -0.3 is 19.9 Å². The predicted molar refractivity (Wildman–Crippen MR) is 119 cm³/mol. The lowest BCUT2D eigenvalue weighted by atomic mass is 10.0. The summed E-state index contributed by atoms with van der Waals surface area (Å²) < 4.78 is 4.67. The zero-order chi connectivity index (χ0) is 22.4. The Balaban J connectivity index is 2.16. The fourth-order valence-electron chi connectivity index (χ4n) is 3.30. The van der Waals surface area contributed by atoms with Gasteiger partial charge in [-0.15, -0.1) is 0 Å². The molecule has 162 valence electrons. The summed E-state index contributed by atoms with van der Waals surface area (Å²) in [6.07, 6.45) is 6.51. The van der Waals surface area contributed by atoms with Gasteiger partial charge >= 0.3 is 6.09 Å². The van der Waals surface area contributed by atoms with E-state index in [1.54, 1.807) is 11.1 Å². The Bertz CT molecular complexity index is 866. The second-order valence-corrected chi connectivity index (χ2v) is 7.89. The van der Waals surface area contributed by atoms with Gasteiger partial charge in [0.1, 0.15) is 11.9 Å². The molecule has 1 aromatic heterocycles. The molecule has 0 radical (unpaired) electrons. The van der Waals surface area contributed by atoms with Crippen LogP contribution in [0.2, 0.25) is 0 Å². The first-order valence-corrected chi connectivity index (χ1v) is 10.1. The van der Waals surface area contributed by atoms with E-state index in [0.717, 1.165) is 35.3 Å². The molecule has 0 saturated carbocycles. The number of allylic oxidation sites excluding steroid dienone is 5. The standard InChI is InChI=1S/C23H32N4O3/c1-14(2)16(5)10-11-17(6)18-13-24-21(25-18)19-9-8-12-27(19)22(28)20(15(3)4)26-23(29)30-7/h10-11,13,15,19-20H,1,5-6,8-9,12H2,2-4,7H3,(H,24,25)(H,26,29)/b11-10-. The summed E-state index contributed by atoms with van der Waals surface area (Å²) in [5, 5.41) is 2.65. The topological polar surface area (TPSA) is 87.3 Å². The number of aromatic amines is 1. The van der Waals surface area contributed by atoms with E-state index in [-0.39, 0.29) is 17.9 Å². The number of alkyl carbamates (subject to hydrolysis) is 1. The molecule has 2 unspecified atom stereocenters. The summed E-state index contributed by atoms with van der Waals surface area (Å²) in [6, 6.07) is -0.826. The van der Waals surface area contributed by atoms with Crippen LogP contribution in [0.5, 0.6) is 0 Å². The number of H-pyrrole nitrogens is 1. The fourth-order valence-corrected chi connectivity index (χ4v) is 3.30. The number of nitrogens with zero attached hydrogens (tertiary/aromatic N) is 2. The van der Waals surface area contributed by atoms with Crippen LogP contribution in [0, 0.1) is 5.92 Å². The van der Waals surface area contributed by atoms with Gasteiger partial charge in [-0.2, -0.15) is 0 Å². The zero-order valence-corrected chi connectivity index (χ0v) is 18.3. The van der Waals surface area contributed by atoms with Crippen molar-refractivity contribution in [1.29, 1.82) is 0 Å². The number of carbonyl (C=O) groups excluding carboxylic acids is 2. The van der Waals surface area contributed by atoms with Crippen molar-refractivity contribution in [3.8, 4) is 0 Å². The zero-order valence-electron chi connectivity index (χ0n) is 18.3. The van der Waals surface area contributed by atoms with Crippen molar-refractivity contribution in [3.63, 3.8) is 0 Å². The first kappa shape index (κ1) is 23.2. The van der Waals surface area contributed by atoms with Crippen LogP contribution < -0.4 is 5.32 Å². The van der Waals surface area contributed by atoms with Gasteiger partial charge in [0.2, 0.25) is 5.91 Å². The van der Waals surface area contributed by atoms with E-state index in [1.807, 2.05) is 32.9 Å². The molecule has 1 aliphatic heterocycles. The van der Waals surface area contributed by atoms with Crippen LogP contribution in [0.3, 0.4) is 0 Å². The van der Waals surface area contributed by atoms with E-state index in [0.29, 0.717) is 12.4 Å². The van der Waals surface area contributed by atoms with E-state index < -0.39 is 12.1 Å². The quantitative estimate of drug-likeness (QED) is 0.628. The number of hydrogen-bond acceptors (Lipinski definition) is 4. The molecule has 2 atom stereocenters. The van der Waals surface area contributed by atoms with Crippen LogP contribution in [0.4, 0.5) is 4.79 Å². The van der Waals surface area contributed by atoms with Crippen molar-refractivity contribution < 1.29 is 14.3 Å². The van der Waals surface area contributed by atoms with E-state index in [1.165, 1.54) is 7.11 Å². The molecule has 30 heavy (non-hydrogen) atoms. The van der Waals surface area contributed by atoms with Crippen LogP contribution in [0.1, 0.15) is 51.2 Å². The molecule has 1 fully saturated rings. The first-order valence-electron chi connectivity index (χ1n) is 10.1. The number of aromatic nitrogens is 2. The van der Waals surface area contributed by atoms with Gasteiger partial charge in [0.25, 0.3) is 0 Å². The number of nitrogens with one attached hydrogen (secondary N) is 2. The Morgan fingerprint density at radius 1 is 1.33 bits per heavy atom. The minimum Gasteiger partial charge on any atom is -0.453 e. The number of likely N-dealkylation sites (tertiary alicyclic amines) is 1. The monoisotopic (exact) mass is 412 g/mol. The summed E-state index contributed by atoms with van der Waals surface area (Å²) in [7, 11) is 1.28. The van der Waals surface area contributed by atoms with Gasteiger partial charge in [0, 0.05) is 6.54 Å². The average Bonchev–Trinajstić information content (AvgIpc) is 3.37. The summed E-state index contributed by atoms with van der Waals surface area (Å²) in [6.45, 7) is 18.2. The number of imidazole rings is 1. The molecule has 0 bridgehead atoms. The lowest BCUT2D eigenvalue weighted by molar-refractivity contribution is -0.135. The molecule has 7 nitrogen and oxygen atoms in total. The highest BCUT2D eigenvalue weighted by atomic mass is 16.5. The maximum atomic E-state index is 13.2. The molecule has 2 N–H and O–H groups in total. The second-order valence-electron chi connectivity index (χ2n) is 7.89. The molecule has 1 saturated heterocycles. The molecule has 2 heterocycles. The first-order chi connectivity index (χ1) is 14.1. The van der Waals surface area contributed by atoms with E-state index in [9.17, 15) is 9.59 Å². The summed E-state index contributed by atoms with van der Waals surface area (Å²) in [5.41, 5.74) is 3.27. The van der Waals surface area contributed by atoms with Crippen LogP contribution in [-0.2, 0) is 9.53 Å². The van der Waals surface area contributed by atoms with Gasteiger partial charge in [-0.1, -0.05) is 51.3 Å².